The summed E-state index contributed by atoms with van der Waals surface area (Å²) in [6, 6.07) is 1.16. The molecule has 0 bridgehead atoms. The van der Waals surface area contributed by atoms with Crippen molar-refractivity contribution in [2.45, 2.75) is 13.0 Å². The first-order chi connectivity index (χ1) is 11.1. The second kappa shape index (κ2) is 6.08. The van der Waals surface area contributed by atoms with Crippen molar-refractivity contribution < 1.29 is 14.3 Å². The lowest BCUT2D eigenvalue weighted by Gasteiger charge is -2.07. The molecular formula is C13H12N6O3S. The van der Waals surface area contributed by atoms with Crippen molar-refractivity contribution in [3.05, 3.63) is 40.9 Å². The largest absolute Gasteiger partial charge is 0.465 e. The zero-order valence-corrected chi connectivity index (χ0v) is 13.1. The van der Waals surface area contributed by atoms with E-state index in [0.717, 1.165) is 0 Å². The Labute approximate surface area is 134 Å². The molecular weight excluding hydrogens is 320 g/mol. The van der Waals surface area contributed by atoms with Gasteiger partial charge in [0.2, 0.25) is 5.78 Å². The van der Waals surface area contributed by atoms with Gasteiger partial charge < -0.3 is 4.74 Å². The molecule has 3 heterocycles. The summed E-state index contributed by atoms with van der Waals surface area (Å²) in [6.45, 7) is 1.69. The number of ether oxygens (including phenoxy) is 1. The minimum atomic E-state index is -0.551. The summed E-state index contributed by atoms with van der Waals surface area (Å²) in [6.07, 6.45) is 4.29. The summed E-state index contributed by atoms with van der Waals surface area (Å²) in [5.41, 5.74) is 0.692. The van der Waals surface area contributed by atoms with Crippen LogP contribution < -0.4 is 0 Å². The van der Waals surface area contributed by atoms with Crippen LogP contribution in [0.4, 0.5) is 0 Å². The Morgan fingerprint density at radius 3 is 2.91 bits per heavy atom. The highest BCUT2D eigenvalue weighted by Crippen LogP contribution is 2.22. The molecule has 0 radical (unpaired) electrons. The van der Waals surface area contributed by atoms with Gasteiger partial charge in [-0.05, 0) is 18.4 Å². The maximum absolute atomic E-state index is 12.4. The Morgan fingerprint density at radius 2 is 2.22 bits per heavy atom. The maximum Gasteiger partial charge on any atom is 0.350 e. The normalized spacial score (nSPS) is 12.1. The molecule has 0 aliphatic rings. The molecule has 0 saturated carbocycles. The molecule has 0 aromatic carbocycles. The van der Waals surface area contributed by atoms with Crippen LogP contribution in [0.15, 0.2) is 30.3 Å². The number of Topliss-reactive ketones (excluding diaryl/α,β-unsaturated/α-hetero) is 1. The summed E-state index contributed by atoms with van der Waals surface area (Å²) in [7, 11) is 1.31. The summed E-state index contributed by atoms with van der Waals surface area (Å²) < 4.78 is 7.54. The highest BCUT2D eigenvalue weighted by Gasteiger charge is 2.22. The molecule has 9 nitrogen and oxygen atoms in total. The minimum Gasteiger partial charge on any atom is -0.465 e. The van der Waals surface area contributed by atoms with E-state index in [4.69, 9.17) is 4.74 Å². The smallest absolute Gasteiger partial charge is 0.350 e. The van der Waals surface area contributed by atoms with E-state index >= 15 is 0 Å². The van der Waals surface area contributed by atoms with Gasteiger partial charge in [-0.3, -0.25) is 4.79 Å². The van der Waals surface area contributed by atoms with Gasteiger partial charge in [-0.15, -0.1) is 16.4 Å². The molecule has 3 aromatic rings. The Balaban J connectivity index is 1.88. The van der Waals surface area contributed by atoms with E-state index in [1.54, 1.807) is 18.4 Å². The van der Waals surface area contributed by atoms with Gasteiger partial charge in [-0.2, -0.15) is 5.10 Å². The summed E-state index contributed by atoms with van der Waals surface area (Å²) >= 11 is 1.23. The molecule has 0 fully saturated rings. The fourth-order valence-electron chi connectivity index (χ4n) is 1.97. The van der Waals surface area contributed by atoms with Crippen molar-refractivity contribution in [2.24, 2.45) is 0 Å². The predicted molar refractivity (Wildman–Crippen MR) is 79.6 cm³/mol. The number of nitrogens with zero attached hydrogens (tertiary/aromatic N) is 6. The van der Waals surface area contributed by atoms with E-state index in [9.17, 15) is 9.59 Å². The van der Waals surface area contributed by atoms with Crippen LogP contribution in [-0.4, -0.2) is 48.6 Å². The first-order valence-electron chi connectivity index (χ1n) is 6.58. The SMILES string of the molecule is COC(=O)c1sccc1-n1cc(C(=O)[C@H](C)n2cncn2)nn1. The zero-order valence-electron chi connectivity index (χ0n) is 12.3. The van der Waals surface area contributed by atoms with E-state index in [2.05, 4.69) is 20.4 Å². The van der Waals surface area contributed by atoms with Crippen molar-refractivity contribution in [3.8, 4) is 5.69 Å². The lowest BCUT2D eigenvalue weighted by atomic mass is 10.2. The second-order valence-electron chi connectivity index (χ2n) is 4.59. The van der Waals surface area contributed by atoms with Crippen LogP contribution >= 0.6 is 11.3 Å². The van der Waals surface area contributed by atoms with Crippen molar-refractivity contribution in [1.82, 2.24) is 29.8 Å². The highest BCUT2D eigenvalue weighted by atomic mass is 32.1. The number of methoxy groups -OCH3 is 1. The standard InChI is InChI=1S/C13H12N6O3S/c1-8(19-7-14-6-15-19)11(20)9-5-18(17-16-9)10-3-4-23-12(10)13(21)22-2/h3-8H,1-2H3/t8-/m0/s1. The van der Waals surface area contributed by atoms with Gasteiger partial charge in [-0.25, -0.2) is 19.1 Å². The molecule has 0 saturated heterocycles. The van der Waals surface area contributed by atoms with Gasteiger partial charge in [0.05, 0.1) is 19.0 Å². The van der Waals surface area contributed by atoms with Gasteiger partial charge in [0.1, 0.15) is 23.6 Å². The molecule has 0 unspecified atom stereocenters. The molecule has 0 N–H and O–H groups in total. The zero-order chi connectivity index (χ0) is 16.4. The first kappa shape index (κ1) is 15.0. The van der Waals surface area contributed by atoms with Crippen molar-refractivity contribution in [2.75, 3.05) is 7.11 Å². The fraction of sp³-hybridized carbons (Fsp3) is 0.231. The third kappa shape index (κ3) is 2.75. The van der Waals surface area contributed by atoms with Crippen LogP contribution in [0.2, 0.25) is 0 Å². The number of ketones is 1. The Hall–Kier alpha value is -2.88. The average molecular weight is 332 g/mol. The molecule has 3 aromatic heterocycles. The van der Waals surface area contributed by atoms with Crippen LogP contribution in [0.1, 0.15) is 33.1 Å². The van der Waals surface area contributed by atoms with Gasteiger partial charge in [0.15, 0.2) is 5.69 Å². The number of rotatable bonds is 5. The van der Waals surface area contributed by atoms with Gasteiger partial charge in [0.25, 0.3) is 0 Å². The number of aromatic nitrogens is 6. The summed E-state index contributed by atoms with van der Waals surface area (Å²) in [4.78, 5) is 28.3. The number of carbonyl (C=O) groups is 2. The number of esters is 1. The molecule has 0 amide bonds. The van der Waals surface area contributed by atoms with E-state index < -0.39 is 12.0 Å². The van der Waals surface area contributed by atoms with Crippen LogP contribution in [0, 0.1) is 0 Å². The number of hydrogen-bond acceptors (Lipinski definition) is 8. The van der Waals surface area contributed by atoms with E-state index in [1.165, 1.54) is 46.7 Å². The molecule has 10 heteroatoms. The lowest BCUT2D eigenvalue weighted by Crippen LogP contribution is -2.17. The van der Waals surface area contributed by atoms with Crippen molar-refractivity contribution in [3.63, 3.8) is 0 Å². The Morgan fingerprint density at radius 1 is 1.39 bits per heavy atom. The van der Waals surface area contributed by atoms with Crippen molar-refractivity contribution >= 4 is 23.1 Å². The van der Waals surface area contributed by atoms with E-state index in [1.807, 2.05) is 0 Å². The van der Waals surface area contributed by atoms with E-state index in [0.29, 0.717) is 10.6 Å². The van der Waals surface area contributed by atoms with Crippen LogP contribution in [0.5, 0.6) is 0 Å². The average Bonchev–Trinajstić information content (AvgIpc) is 3.32. The Bertz CT molecular complexity index is 838. The van der Waals surface area contributed by atoms with Gasteiger partial charge in [0, 0.05) is 0 Å². The van der Waals surface area contributed by atoms with Crippen molar-refractivity contribution in [1.29, 1.82) is 0 Å². The molecule has 0 spiro atoms. The quantitative estimate of drug-likeness (QED) is 0.510. The topological polar surface area (TPSA) is 105 Å². The fourth-order valence-corrected chi connectivity index (χ4v) is 2.77. The predicted octanol–water partition coefficient (Wildman–Crippen LogP) is 1.15. The summed E-state index contributed by atoms with van der Waals surface area (Å²) in [5.74, 6) is -0.717. The molecule has 3 rings (SSSR count). The molecule has 0 aliphatic heterocycles. The monoisotopic (exact) mass is 332 g/mol. The van der Waals surface area contributed by atoms with Gasteiger partial charge >= 0.3 is 5.97 Å². The molecule has 1 atom stereocenters. The van der Waals surface area contributed by atoms with Gasteiger partial charge in [-0.1, -0.05) is 5.21 Å². The van der Waals surface area contributed by atoms with Crippen LogP contribution in [0.25, 0.3) is 5.69 Å². The third-order valence-electron chi connectivity index (χ3n) is 3.22. The minimum absolute atomic E-state index is 0.176. The van der Waals surface area contributed by atoms with Crippen LogP contribution in [0.3, 0.4) is 0 Å². The molecule has 0 aliphatic carbocycles. The molecule has 118 valence electrons. The number of hydrogen-bond donors (Lipinski definition) is 0. The Kier molecular flexibility index (Phi) is 3.98. The number of thiophene rings is 1. The molecule has 23 heavy (non-hydrogen) atoms. The van der Waals surface area contributed by atoms with Crippen LogP contribution in [-0.2, 0) is 4.74 Å². The lowest BCUT2D eigenvalue weighted by molar-refractivity contribution is 0.0606. The number of carbonyl (C=O) groups excluding carboxylic acids is 2. The maximum atomic E-state index is 12.4. The third-order valence-corrected chi connectivity index (χ3v) is 4.10. The summed E-state index contributed by atoms with van der Waals surface area (Å²) in [5, 5.41) is 13.5. The second-order valence-corrected chi connectivity index (χ2v) is 5.51. The van der Waals surface area contributed by atoms with E-state index in [-0.39, 0.29) is 11.5 Å². The first-order valence-corrected chi connectivity index (χ1v) is 7.46. The highest BCUT2D eigenvalue weighted by molar-refractivity contribution is 7.12.